The number of aromatic nitrogens is 2. The molecular weight excluding hydrogens is 466 g/mol. The van der Waals surface area contributed by atoms with Gasteiger partial charge in [-0.2, -0.15) is 4.31 Å². The molecule has 0 spiro atoms. The maximum atomic E-state index is 12.8. The fourth-order valence-electron chi connectivity index (χ4n) is 4.26. The van der Waals surface area contributed by atoms with Crippen LogP contribution in [0, 0.1) is 0 Å². The quantitative estimate of drug-likeness (QED) is 0.563. The Hall–Kier alpha value is -3.34. The van der Waals surface area contributed by atoms with Gasteiger partial charge in [-0.25, -0.2) is 8.42 Å². The highest BCUT2D eigenvalue weighted by Gasteiger charge is 2.27. The van der Waals surface area contributed by atoms with E-state index in [0.29, 0.717) is 43.2 Å². The minimum Gasteiger partial charge on any atom is -0.378 e. The molecule has 0 aliphatic carbocycles. The van der Waals surface area contributed by atoms with Gasteiger partial charge >= 0.3 is 0 Å². The Kier molecular flexibility index (Phi) is 6.76. The lowest BCUT2D eigenvalue weighted by Gasteiger charge is -2.27. The summed E-state index contributed by atoms with van der Waals surface area (Å²) in [4.78, 5) is 15.1. The molecule has 0 bridgehead atoms. The lowest BCUT2D eigenvalue weighted by molar-refractivity contribution is 0.102. The van der Waals surface area contributed by atoms with Crippen LogP contribution >= 0.6 is 0 Å². The number of amides is 1. The van der Waals surface area contributed by atoms with Crippen LogP contribution in [-0.4, -0.2) is 68.2 Å². The van der Waals surface area contributed by atoms with Gasteiger partial charge < -0.3 is 15.0 Å². The van der Waals surface area contributed by atoms with E-state index in [1.807, 2.05) is 30.3 Å². The molecule has 3 aromatic rings. The summed E-state index contributed by atoms with van der Waals surface area (Å²) in [5.74, 6) is 0.498. The van der Waals surface area contributed by atoms with Crippen LogP contribution in [0.3, 0.4) is 0 Å². The van der Waals surface area contributed by atoms with Gasteiger partial charge in [-0.15, -0.1) is 10.2 Å². The molecule has 182 valence electrons. The number of nitrogens with zero attached hydrogens (tertiary/aromatic N) is 4. The van der Waals surface area contributed by atoms with Crippen LogP contribution in [0.5, 0.6) is 0 Å². The molecule has 0 atom stereocenters. The number of sulfonamides is 1. The van der Waals surface area contributed by atoms with Crippen LogP contribution < -0.4 is 10.2 Å². The van der Waals surface area contributed by atoms with Crippen molar-refractivity contribution in [2.24, 2.45) is 0 Å². The molecule has 0 unspecified atom stereocenters. The molecular formula is C25H27N5O4S. The molecule has 1 aromatic heterocycles. The highest BCUT2D eigenvalue weighted by molar-refractivity contribution is 7.89. The number of ether oxygens (including phenoxy) is 1. The lowest BCUT2D eigenvalue weighted by atomic mass is 10.1. The largest absolute Gasteiger partial charge is 0.378 e. The Balaban J connectivity index is 1.26. The van der Waals surface area contributed by atoms with E-state index in [4.69, 9.17) is 4.74 Å². The molecule has 0 saturated carbocycles. The second-order valence-corrected chi connectivity index (χ2v) is 10.5. The number of nitrogens with one attached hydrogen (secondary N) is 1. The minimum atomic E-state index is -3.51. The van der Waals surface area contributed by atoms with Crippen molar-refractivity contribution in [3.05, 3.63) is 66.2 Å². The minimum absolute atomic E-state index is 0.206. The third-order valence-electron chi connectivity index (χ3n) is 6.22. The SMILES string of the molecule is O=C(Nc1cccc(-c2ccc(N3CCOCC3)nn2)c1)c1ccc(S(=O)(=O)N2CCCC2)cc1. The van der Waals surface area contributed by atoms with Crippen molar-refractivity contribution >= 4 is 27.4 Å². The molecule has 5 rings (SSSR count). The first kappa shape index (κ1) is 23.4. The topological polar surface area (TPSA) is 105 Å². The monoisotopic (exact) mass is 493 g/mol. The van der Waals surface area contributed by atoms with Crippen molar-refractivity contribution in [3.8, 4) is 11.3 Å². The number of carbonyl (C=O) groups is 1. The molecule has 35 heavy (non-hydrogen) atoms. The highest BCUT2D eigenvalue weighted by Crippen LogP contribution is 2.24. The number of morpholine rings is 1. The summed E-state index contributed by atoms with van der Waals surface area (Å²) in [6.45, 7) is 4.04. The summed E-state index contributed by atoms with van der Waals surface area (Å²) in [7, 11) is -3.51. The van der Waals surface area contributed by atoms with Crippen molar-refractivity contribution in [1.82, 2.24) is 14.5 Å². The van der Waals surface area contributed by atoms with Crippen LogP contribution in [0.25, 0.3) is 11.3 Å². The number of benzene rings is 2. The van der Waals surface area contributed by atoms with E-state index in [9.17, 15) is 13.2 Å². The van der Waals surface area contributed by atoms with Gasteiger partial charge in [0.15, 0.2) is 5.82 Å². The van der Waals surface area contributed by atoms with Gasteiger partial charge in [0.1, 0.15) is 0 Å². The smallest absolute Gasteiger partial charge is 0.255 e. The van der Waals surface area contributed by atoms with Gasteiger partial charge in [-0.3, -0.25) is 4.79 Å². The average Bonchev–Trinajstić information content (AvgIpc) is 3.46. The molecule has 2 saturated heterocycles. The first-order valence-electron chi connectivity index (χ1n) is 11.7. The van der Waals surface area contributed by atoms with Gasteiger partial charge in [0.2, 0.25) is 10.0 Å². The molecule has 0 radical (unpaired) electrons. The highest BCUT2D eigenvalue weighted by atomic mass is 32.2. The molecule has 1 N–H and O–H groups in total. The van der Waals surface area contributed by atoms with Crippen LogP contribution in [0.4, 0.5) is 11.5 Å². The number of hydrogen-bond acceptors (Lipinski definition) is 7. The van der Waals surface area contributed by atoms with E-state index in [-0.39, 0.29) is 10.8 Å². The first-order valence-corrected chi connectivity index (χ1v) is 13.1. The average molecular weight is 494 g/mol. The normalized spacial score (nSPS) is 16.9. The van der Waals surface area contributed by atoms with Gasteiger partial charge in [-0.1, -0.05) is 12.1 Å². The summed E-state index contributed by atoms with van der Waals surface area (Å²) in [5.41, 5.74) is 2.52. The first-order chi connectivity index (χ1) is 17.0. The van der Waals surface area contributed by atoms with E-state index in [1.54, 1.807) is 6.07 Å². The Morgan fingerprint density at radius 3 is 2.31 bits per heavy atom. The van der Waals surface area contributed by atoms with Crippen LogP contribution in [-0.2, 0) is 14.8 Å². The van der Waals surface area contributed by atoms with Crippen molar-refractivity contribution in [2.75, 3.05) is 49.6 Å². The molecule has 10 heteroatoms. The van der Waals surface area contributed by atoms with Gasteiger partial charge in [0.25, 0.3) is 5.91 Å². The molecule has 2 aliphatic rings. The number of carbonyl (C=O) groups excluding carboxylic acids is 1. The van der Waals surface area contributed by atoms with E-state index >= 15 is 0 Å². The zero-order valence-corrected chi connectivity index (χ0v) is 20.1. The summed E-state index contributed by atoms with van der Waals surface area (Å²) in [6.07, 6.45) is 1.75. The fraction of sp³-hybridized carbons (Fsp3) is 0.320. The predicted octanol–water partition coefficient (Wildman–Crippen LogP) is 3.02. The number of rotatable bonds is 6. The fourth-order valence-corrected chi connectivity index (χ4v) is 5.77. The predicted molar refractivity (Wildman–Crippen MR) is 133 cm³/mol. The van der Waals surface area contributed by atoms with Crippen molar-refractivity contribution in [3.63, 3.8) is 0 Å². The maximum Gasteiger partial charge on any atom is 0.255 e. The second-order valence-electron chi connectivity index (χ2n) is 8.55. The zero-order chi connectivity index (χ0) is 24.3. The Morgan fingerprint density at radius 1 is 0.886 bits per heavy atom. The summed E-state index contributed by atoms with van der Waals surface area (Å²) in [5, 5.41) is 11.6. The standard InChI is InChI=1S/C25H27N5O4S/c31-25(19-6-8-22(9-7-19)35(32,33)30-12-1-2-13-30)26-21-5-3-4-20(18-21)23-10-11-24(28-27-23)29-14-16-34-17-15-29/h3-11,18H,1-2,12-17H2,(H,26,31). The third-order valence-corrected chi connectivity index (χ3v) is 8.13. The maximum absolute atomic E-state index is 12.8. The zero-order valence-electron chi connectivity index (χ0n) is 19.3. The van der Waals surface area contributed by atoms with E-state index < -0.39 is 10.0 Å². The Labute approximate surface area is 204 Å². The summed E-state index contributed by atoms with van der Waals surface area (Å²) in [6, 6.07) is 17.3. The van der Waals surface area contributed by atoms with E-state index in [0.717, 1.165) is 37.3 Å². The lowest BCUT2D eigenvalue weighted by Crippen LogP contribution is -2.36. The Bertz CT molecular complexity index is 1280. The molecule has 1 amide bonds. The van der Waals surface area contributed by atoms with Crippen LogP contribution in [0.1, 0.15) is 23.2 Å². The number of anilines is 2. The third kappa shape index (κ3) is 5.19. The van der Waals surface area contributed by atoms with Gasteiger partial charge in [0, 0.05) is 43.0 Å². The van der Waals surface area contributed by atoms with Gasteiger partial charge in [0.05, 0.1) is 23.8 Å². The molecule has 3 heterocycles. The van der Waals surface area contributed by atoms with Crippen LogP contribution in [0.15, 0.2) is 65.6 Å². The van der Waals surface area contributed by atoms with Gasteiger partial charge in [-0.05, 0) is 61.4 Å². The molecule has 2 aliphatic heterocycles. The summed E-state index contributed by atoms with van der Waals surface area (Å²) < 4.78 is 32.3. The van der Waals surface area contributed by atoms with E-state index in [1.165, 1.54) is 28.6 Å². The van der Waals surface area contributed by atoms with Crippen molar-refractivity contribution in [2.45, 2.75) is 17.7 Å². The molecule has 2 aromatic carbocycles. The van der Waals surface area contributed by atoms with E-state index in [2.05, 4.69) is 20.4 Å². The second kappa shape index (κ2) is 10.1. The number of hydrogen-bond donors (Lipinski definition) is 1. The molecule has 9 nitrogen and oxygen atoms in total. The van der Waals surface area contributed by atoms with Crippen molar-refractivity contribution in [1.29, 1.82) is 0 Å². The summed E-state index contributed by atoms with van der Waals surface area (Å²) >= 11 is 0. The Morgan fingerprint density at radius 2 is 1.63 bits per heavy atom. The molecule has 2 fully saturated rings. The van der Waals surface area contributed by atoms with Crippen LogP contribution in [0.2, 0.25) is 0 Å². The van der Waals surface area contributed by atoms with Crippen molar-refractivity contribution < 1.29 is 17.9 Å².